The first kappa shape index (κ1) is 16.3. The van der Waals surface area contributed by atoms with E-state index in [1.165, 1.54) is 22.4 Å². The van der Waals surface area contributed by atoms with Crippen LogP contribution in [0.15, 0.2) is 46.1 Å². The molecule has 0 spiro atoms. The molecule has 4 rings (SSSR count). The number of hydrogen-bond acceptors (Lipinski definition) is 4. The van der Waals surface area contributed by atoms with Crippen LogP contribution in [-0.4, -0.2) is 20.4 Å². The van der Waals surface area contributed by atoms with E-state index in [0.29, 0.717) is 12.1 Å². The van der Waals surface area contributed by atoms with Crippen LogP contribution < -0.4 is 16.6 Å². The Hall–Kier alpha value is -3.22. The number of aromatic amines is 1. The number of rotatable bonds is 3. The van der Waals surface area contributed by atoms with E-state index >= 15 is 0 Å². The van der Waals surface area contributed by atoms with Crippen molar-refractivity contribution in [3.8, 4) is 0 Å². The van der Waals surface area contributed by atoms with E-state index in [4.69, 9.17) is 0 Å². The molecule has 0 radical (unpaired) electrons. The summed E-state index contributed by atoms with van der Waals surface area (Å²) in [6.45, 7) is 2.17. The van der Waals surface area contributed by atoms with Crippen molar-refractivity contribution in [2.75, 3.05) is 0 Å². The molecule has 0 aliphatic heterocycles. The maximum atomic E-state index is 12.7. The van der Waals surface area contributed by atoms with Gasteiger partial charge >= 0.3 is 5.69 Å². The molecular formula is C19H18N4O3. The molecule has 0 bridgehead atoms. The average Bonchev–Trinajstić information content (AvgIpc) is 3.05. The summed E-state index contributed by atoms with van der Waals surface area (Å²) in [5, 5.41) is 3.24. The smallest absolute Gasteiger partial charge is 0.329 e. The second-order valence-corrected chi connectivity index (χ2v) is 6.36. The molecule has 1 aliphatic carbocycles. The van der Waals surface area contributed by atoms with E-state index in [-0.39, 0.29) is 23.0 Å². The summed E-state index contributed by atoms with van der Waals surface area (Å²) in [6, 6.07) is 9.50. The van der Waals surface area contributed by atoms with Crippen molar-refractivity contribution in [3.63, 3.8) is 0 Å². The maximum Gasteiger partial charge on any atom is 0.329 e. The van der Waals surface area contributed by atoms with Gasteiger partial charge in [0.15, 0.2) is 0 Å². The van der Waals surface area contributed by atoms with Gasteiger partial charge in [-0.05, 0) is 37.0 Å². The van der Waals surface area contributed by atoms with Crippen molar-refractivity contribution in [2.45, 2.75) is 32.4 Å². The fourth-order valence-electron chi connectivity index (χ4n) is 3.53. The first-order chi connectivity index (χ1) is 12.6. The number of benzene rings is 1. The third-order valence-electron chi connectivity index (χ3n) is 4.85. The van der Waals surface area contributed by atoms with E-state index < -0.39 is 11.2 Å². The van der Waals surface area contributed by atoms with Crippen molar-refractivity contribution in [1.82, 2.24) is 19.9 Å². The molecular weight excluding hydrogens is 332 g/mol. The minimum Gasteiger partial charge on any atom is -0.345 e. The first-order valence-corrected chi connectivity index (χ1v) is 8.60. The van der Waals surface area contributed by atoms with Crippen LogP contribution in [0.2, 0.25) is 0 Å². The van der Waals surface area contributed by atoms with Crippen LogP contribution in [0.1, 0.15) is 40.9 Å². The van der Waals surface area contributed by atoms with Gasteiger partial charge in [-0.25, -0.2) is 9.78 Å². The van der Waals surface area contributed by atoms with Gasteiger partial charge in [0.1, 0.15) is 5.65 Å². The Morgan fingerprint density at radius 1 is 1.35 bits per heavy atom. The van der Waals surface area contributed by atoms with Gasteiger partial charge in [-0.1, -0.05) is 24.3 Å². The van der Waals surface area contributed by atoms with Crippen LogP contribution in [0, 0.1) is 0 Å². The molecule has 2 N–H and O–H groups in total. The van der Waals surface area contributed by atoms with Crippen molar-refractivity contribution in [2.24, 2.45) is 0 Å². The van der Waals surface area contributed by atoms with Gasteiger partial charge in [0, 0.05) is 12.7 Å². The lowest BCUT2D eigenvalue weighted by Crippen LogP contribution is -2.31. The van der Waals surface area contributed by atoms with Crippen LogP contribution in [0.25, 0.3) is 11.0 Å². The quantitative estimate of drug-likeness (QED) is 0.748. The maximum absolute atomic E-state index is 12.7. The second-order valence-electron chi connectivity index (χ2n) is 6.36. The van der Waals surface area contributed by atoms with E-state index in [1.54, 1.807) is 6.92 Å². The van der Waals surface area contributed by atoms with Crippen LogP contribution in [0.4, 0.5) is 0 Å². The molecule has 132 valence electrons. The summed E-state index contributed by atoms with van der Waals surface area (Å²) in [5.74, 6) is -0.283. The third kappa shape index (κ3) is 2.61. The van der Waals surface area contributed by atoms with E-state index in [0.717, 1.165) is 18.4 Å². The number of aromatic nitrogens is 3. The van der Waals surface area contributed by atoms with Crippen LogP contribution >= 0.6 is 0 Å². The lowest BCUT2D eigenvalue weighted by molar-refractivity contribution is 0.0936. The number of amides is 1. The number of carbonyl (C=O) groups is 1. The van der Waals surface area contributed by atoms with Gasteiger partial charge in [-0.2, -0.15) is 0 Å². The fraction of sp³-hybridized carbons (Fsp3) is 0.263. The Bertz CT molecular complexity index is 1130. The van der Waals surface area contributed by atoms with Gasteiger partial charge in [0.25, 0.3) is 11.5 Å². The standard InChI is InChI=1S/C19H18N4O3/c1-2-23-16-14(18(25)22-19(23)26)9-12(10-20-16)17(24)21-15-8-7-11-5-3-4-6-13(11)15/h3-6,9-10,15H,2,7-8H2,1H3,(H,21,24)(H,22,25,26)/t15-/m0/s1. The van der Waals surface area contributed by atoms with Gasteiger partial charge in [0.05, 0.1) is 17.0 Å². The van der Waals surface area contributed by atoms with Gasteiger partial charge in [-0.3, -0.25) is 19.1 Å². The van der Waals surface area contributed by atoms with Gasteiger partial charge in [0.2, 0.25) is 0 Å². The highest BCUT2D eigenvalue weighted by Crippen LogP contribution is 2.30. The fourth-order valence-corrected chi connectivity index (χ4v) is 3.53. The first-order valence-electron chi connectivity index (χ1n) is 8.60. The number of pyridine rings is 1. The molecule has 0 fully saturated rings. The zero-order chi connectivity index (χ0) is 18.3. The topological polar surface area (TPSA) is 96.9 Å². The van der Waals surface area contributed by atoms with Crippen molar-refractivity contribution in [3.05, 3.63) is 74.1 Å². The molecule has 3 aromatic rings. The zero-order valence-electron chi connectivity index (χ0n) is 14.3. The number of aryl methyl sites for hydroxylation is 2. The van der Waals surface area contributed by atoms with Gasteiger partial charge < -0.3 is 5.32 Å². The van der Waals surface area contributed by atoms with Crippen molar-refractivity contribution in [1.29, 1.82) is 0 Å². The Kier molecular flexibility index (Phi) is 3.91. The molecule has 0 unspecified atom stereocenters. The largest absolute Gasteiger partial charge is 0.345 e. The van der Waals surface area contributed by atoms with E-state index in [1.807, 2.05) is 18.2 Å². The summed E-state index contributed by atoms with van der Waals surface area (Å²) in [5.41, 5.74) is 1.92. The average molecular weight is 350 g/mol. The monoisotopic (exact) mass is 350 g/mol. The molecule has 2 heterocycles. The Morgan fingerprint density at radius 3 is 2.96 bits per heavy atom. The summed E-state index contributed by atoms with van der Waals surface area (Å²) >= 11 is 0. The molecule has 0 saturated heterocycles. The normalized spacial score (nSPS) is 15.8. The molecule has 7 heteroatoms. The van der Waals surface area contributed by atoms with Crippen LogP contribution in [0.5, 0.6) is 0 Å². The Morgan fingerprint density at radius 2 is 2.15 bits per heavy atom. The van der Waals surface area contributed by atoms with E-state index in [9.17, 15) is 14.4 Å². The SMILES string of the molecule is CCn1c(=O)[nH]c(=O)c2cc(C(=O)N[C@H]3CCc4ccccc43)cnc21. The summed E-state index contributed by atoms with van der Waals surface area (Å²) in [4.78, 5) is 43.1. The molecule has 1 atom stereocenters. The Balaban J connectivity index is 1.68. The second kappa shape index (κ2) is 6.25. The molecule has 0 saturated carbocycles. The number of fused-ring (bicyclic) bond motifs is 2. The highest BCUT2D eigenvalue weighted by molar-refractivity contribution is 5.97. The highest BCUT2D eigenvalue weighted by atomic mass is 16.2. The highest BCUT2D eigenvalue weighted by Gasteiger charge is 2.24. The number of hydrogen-bond donors (Lipinski definition) is 2. The van der Waals surface area contributed by atoms with Crippen LogP contribution in [0.3, 0.4) is 0 Å². The third-order valence-corrected chi connectivity index (χ3v) is 4.85. The lowest BCUT2D eigenvalue weighted by atomic mass is 10.1. The molecule has 1 aromatic carbocycles. The molecule has 1 amide bonds. The Labute approximate surface area is 148 Å². The number of H-pyrrole nitrogens is 1. The summed E-state index contributed by atoms with van der Waals surface area (Å²) < 4.78 is 1.37. The minimum absolute atomic E-state index is 0.0442. The van der Waals surface area contributed by atoms with Crippen LogP contribution in [-0.2, 0) is 13.0 Å². The number of carbonyl (C=O) groups excluding carboxylic acids is 1. The number of nitrogens with zero attached hydrogens (tertiary/aromatic N) is 2. The van der Waals surface area contributed by atoms with Crippen molar-refractivity contribution < 1.29 is 4.79 Å². The minimum atomic E-state index is -0.539. The summed E-state index contributed by atoms with van der Waals surface area (Å²) in [7, 11) is 0. The zero-order valence-corrected chi connectivity index (χ0v) is 14.3. The lowest BCUT2D eigenvalue weighted by Gasteiger charge is -2.14. The van der Waals surface area contributed by atoms with Crippen molar-refractivity contribution >= 4 is 16.9 Å². The molecule has 2 aromatic heterocycles. The molecule has 1 aliphatic rings. The predicted molar refractivity (Wildman–Crippen MR) is 97.3 cm³/mol. The molecule has 7 nitrogen and oxygen atoms in total. The van der Waals surface area contributed by atoms with E-state index in [2.05, 4.69) is 21.4 Å². The number of nitrogens with one attached hydrogen (secondary N) is 2. The molecule has 26 heavy (non-hydrogen) atoms. The predicted octanol–water partition coefficient (Wildman–Crippen LogP) is 1.52. The van der Waals surface area contributed by atoms with Gasteiger partial charge in [-0.15, -0.1) is 0 Å². The summed E-state index contributed by atoms with van der Waals surface area (Å²) in [6.07, 6.45) is 3.19.